The molecule has 0 heterocycles. The smallest absolute Gasteiger partial charge is 0.338 e. The number of ether oxygens (including phenoxy) is 1. The second kappa shape index (κ2) is 10.9. The van der Waals surface area contributed by atoms with Gasteiger partial charge in [-0.05, 0) is 27.5 Å². The Morgan fingerprint density at radius 1 is 0.865 bits per heavy atom. The van der Waals surface area contributed by atoms with E-state index in [1.165, 1.54) is 0 Å². The Bertz CT molecular complexity index is 1130. The highest BCUT2D eigenvalue weighted by Gasteiger charge is 2.53. The molecule has 3 aromatic rings. The van der Waals surface area contributed by atoms with Crippen LogP contribution < -0.4 is 10.4 Å². The number of esters is 1. The normalized spacial score (nSPS) is 24.4. The summed E-state index contributed by atoms with van der Waals surface area (Å²) in [7, 11) is -2.94. The van der Waals surface area contributed by atoms with Crippen molar-refractivity contribution in [2.24, 2.45) is 0 Å². The summed E-state index contributed by atoms with van der Waals surface area (Å²) in [6, 6.07) is 28.6. The molecule has 1 aliphatic rings. The number of aliphatic hydroxyl groups excluding tert-OH is 2. The van der Waals surface area contributed by atoms with Crippen molar-refractivity contribution in [3.05, 3.63) is 96.6 Å². The molecular weight excluding hydrogens is 484 g/mol. The summed E-state index contributed by atoms with van der Waals surface area (Å²) in [5.41, 5.74) is -1.17. The highest BCUT2D eigenvalue weighted by Crippen LogP contribution is 2.39. The summed E-state index contributed by atoms with van der Waals surface area (Å²) in [5, 5.41) is 34.8. The summed E-state index contributed by atoms with van der Waals surface area (Å²) in [6.45, 7) is 6.36. The number of carbonyl (C=O) groups excluding carboxylic acids is 1. The van der Waals surface area contributed by atoms with Crippen LogP contribution in [0.3, 0.4) is 0 Å². The van der Waals surface area contributed by atoms with Crippen molar-refractivity contribution in [1.82, 2.24) is 0 Å². The molecule has 1 aliphatic carbocycles. The van der Waals surface area contributed by atoms with Gasteiger partial charge in [0.25, 0.3) is 8.32 Å². The third kappa shape index (κ3) is 5.71. The molecule has 4 rings (SSSR count). The zero-order valence-corrected chi connectivity index (χ0v) is 22.6. The summed E-state index contributed by atoms with van der Waals surface area (Å²) in [5.74, 6) is -0.617. The van der Waals surface area contributed by atoms with Crippen molar-refractivity contribution in [3.63, 3.8) is 0 Å². The maximum absolute atomic E-state index is 12.7. The molecule has 37 heavy (non-hydrogen) atoms. The Balaban J connectivity index is 1.63. The molecule has 1 saturated carbocycles. The van der Waals surface area contributed by atoms with E-state index in [9.17, 15) is 20.1 Å². The molecule has 0 aliphatic heterocycles. The lowest BCUT2D eigenvalue weighted by Crippen LogP contribution is -2.68. The molecule has 0 radical (unpaired) electrons. The molecule has 1 fully saturated rings. The summed E-state index contributed by atoms with van der Waals surface area (Å²) in [6.07, 6.45) is -3.80. The number of benzene rings is 3. The van der Waals surface area contributed by atoms with E-state index >= 15 is 0 Å². The van der Waals surface area contributed by atoms with Crippen molar-refractivity contribution < 1.29 is 29.3 Å². The molecule has 0 bridgehead atoms. The number of hydrogen-bond acceptors (Lipinski definition) is 6. The Morgan fingerprint density at radius 2 is 1.35 bits per heavy atom. The molecule has 3 unspecified atom stereocenters. The predicted molar refractivity (Wildman–Crippen MR) is 145 cm³/mol. The largest absolute Gasteiger partial charge is 0.456 e. The van der Waals surface area contributed by atoms with Gasteiger partial charge in [-0.15, -0.1) is 0 Å². The van der Waals surface area contributed by atoms with E-state index in [0.717, 1.165) is 10.4 Å². The average molecular weight is 521 g/mol. The fourth-order valence-electron chi connectivity index (χ4n) is 5.35. The lowest BCUT2D eigenvalue weighted by Gasteiger charge is -2.47. The fraction of sp³-hybridized carbons (Fsp3) is 0.367. The number of carbonyl (C=O) groups is 1. The minimum atomic E-state index is -2.94. The summed E-state index contributed by atoms with van der Waals surface area (Å²) >= 11 is 0. The Labute approximate surface area is 219 Å². The fourth-order valence-corrected chi connectivity index (χ4v) is 9.99. The first-order valence-corrected chi connectivity index (χ1v) is 14.6. The maximum Gasteiger partial charge on any atom is 0.338 e. The zero-order valence-electron chi connectivity index (χ0n) is 21.6. The standard InChI is InChI=1S/C30H36O6Si/c1-29(2,3)37(23-15-9-5-10-16-23,24-17-11-6-12-18-24)35-21-30(34)19-25(31)27(32)26(20-30)36-28(33)22-13-7-4-8-14-22/h4-18,25-27,31-32,34H,19-21H2,1-3H3/t25?,26-,27?,30?/m0/s1. The van der Waals surface area contributed by atoms with E-state index in [4.69, 9.17) is 9.16 Å². The predicted octanol–water partition coefficient (Wildman–Crippen LogP) is 3.04. The minimum absolute atomic E-state index is 0.0536. The van der Waals surface area contributed by atoms with E-state index in [1.807, 2.05) is 36.4 Å². The Kier molecular flexibility index (Phi) is 8.01. The molecule has 3 N–H and O–H groups in total. The summed E-state index contributed by atoms with van der Waals surface area (Å²) < 4.78 is 12.5. The first-order valence-electron chi connectivity index (χ1n) is 12.7. The van der Waals surface area contributed by atoms with Crippen LogP contribution >= 0.6 is 0 Å². The van der Waals surface area contributed by atoms with Crippen LogP contribution in [0, 0.1) is 0 Å². The van der Waals surface area contributed by atoms with E-state index in [0.29, 0.717) is 5.56 Å². The molecule has 6 nitrogen and oxygen atoms in total. The van der Waals surface area contributed by atoms with Gasteiger partial charge in [-0.2, -0.15) is 0 Å². The molecule has 7 heteroatoms. The lowest BCUT2D eigenvalue weighted by molar-refractivity contribution is -0.165. The van der Waals surface area contributed by atoms with Gasteiger partial charge in [0.2, 0.25) is 0 Å². The van der Waals surface area contributed by atoms with Gasteiger partial charge in [-0.25, -0.2) is 4.79 Å². The second-order valence-corrected chi connectivity index (χ2v) is 15.3. The van der Waals surface area contributed by atoms with Gasteiger partial charge in [-0.3, -0.25) is 0 Å². The average Bonchev–Trinajstić information content (AvgIpc) is 2.88. The van der Waals surface area contributed by atoms with Crippen molar-refractivity contribution >= 4 is 24.7 Å². The number of rotatable bonds is 7. The van der Waals surface area contributed by atoms with Crippen LogP contribution in [0.1, 0.15) is 44.0 Å². The highest BCUT2D eigenvalue weighted by molar-refractivity contribution is 6.99. The van der Waals surface area contributed by atoms with Gasteiger partial charge in [0.1, 0.15) is 12.2 Å². The van der Waals surface area contributed by atoms with Gasteiger partial charge < -0.3 is 24.5 Å². The first-order chi connectivity index (χ1) is 17.6. The lowest BCUT2D eigenvalue weighted by atomic mass is 9.80. The van der Waals surface area contributed by atoms with Crippen LogP contribution in [0.25, 0.3) is 0 Å². The van der Waals surface area contributed by atoms with Gasteiger partial charge in [-0.1, -0.05) is 99.6 Å². The second-order valence-electron chi connectivity index (χ2n) is 11.0. The molecule has 0 amide bonds. The van der Waals surface area contributed by atoms with Crippen molar-refractivity contribution in [2.45, 2.75) is 62.6 Å². The highest BCUT2D eigenvalue weighted by atomic mass is 28.4. The first kappa shape index (κ1) is 27.2. The van der Waals surface area contributed by atoms with Crippen molar-refractivity contribution in [2.75, 3.05) is 6.61 Å². The quantitative estimate of drug-likeness (QED) is 0.327. The third-order valence-electron chi connectivity index (χ3n) is 7.19. The molecule has 0 saturated heterocycles. The van der Waals surface area contributed by atoms with Crippen LogP contribution in [-0.2, 0) is 9.16 Å². The van der Waals surface area contributed by atoms with E-state index in [2.05, 4.69) is 45.0 Å². The van der Waals surface area contributed by atoms with Gasteiger partial charge in [0.05, 0.1) is 23.9 Å². The topological polar surface area (TPSA) is 96.2 Å². The monoisotopic (exact) mass is 520 g/mol. The maximum atomic E-state index is 12.7. The van der Waals surface area contributed by atoms with Crippen LogP contribution in [0.2, 0.25) is 5.04 Å². The molecule has 196 valence electrons. The van der Waals surface area contributed by atoms with Crippen LogP contribution in [-0.4, -0.2) is 60.1 Å². The summed E-state index contributed by atoms with van der Waals surface area (Å²) in [4.78, 5) is 12.7. The van der Waals surface area contributed by atoms with E-state index in [-0.39, 0.29) is 24.5 Å². The minimum Gasteiger partial charge on any atom is -0.456 e. The molecule has 3 aromatic carbocycles. The Hall–Kier alpha value is -2.81. The van der Waals surface area contributed by atoms with E-state index < -0.39 is 38.2 Å². The third-order valence-corrected chi connectivity index (χ3v) is 12.2. The van der Waals surface area contributed by atoms with Gasteiger partial charge in [0, 0.05) is 12.8 Å². The number of hydrogen-bond donors (Lipinski definition) is 3. The van der Waals surface area contributed by atoms with E-state index in [1.54, 1.807) is 30.3 Å². The molecular formula is C30H36O6Si. The number of aliphatic hydroxyl groups is 3. The zero-order chi connectivity index (χ0) is 26.7. The van der Waals surface area contributed by atoms with Gasteiger partial charge in [0.15, 0.2) is 0 Å². The SMILES string of the molecule is CC(C)(C)[Si](OCC1(O)CC(O)C(O)[C@@H](OC(=O)c2ccccc2)C1)(c1ccccc1)c1ccccc1. The van der Waals surface area contributed by atoms with Gasteiger partial charge >= 0.3 is 5.97 Å². The molecule has 0 spiro atoms. The molecule has 4 atom stereocenters. The van der Waals surface area contributed by atoms with Crippen LogP contribution in [0.5, 0.6) is 0 Å². The Morgan fingerprint density at radius 3 is 1.84 bits per heavy atom. The van der Waals surface area contributed by atoms with Crippen molar-refractivity contribution in [3.8, 4) is 0 Å². The van der Waals surface area contributed by atoms with Crippen molar-refractivity contribution in [1.29, 1.82) is 0 Å². The van der Waals surface area contributed by atoms with Crippen LogP contribution in [0.4, 0.5) is 0 Å². The molecule has 0 aromatic heterocycles. The van der Waals surface area contributed by atoms with Crippen LogP contribution in [0.15, 0.2) is 91.0 Å².